The summed E-state index contributed by atoms with van der Waals surface area (Å²) >= 11 is 1.98. The molecule has 0 radical (unpaired) electrons. The normalized spacial score (nSPS) is 61.0. The van der Waals surface area contributed by atoms with Crippen molar-refractivity contribution in [2.24, 2.45) is 17.8 Å². The van der Waals surface area contributed by atoms with Gasteiger partial charge in [-0.25, -0.2) is 0 Å². The first kappa shape index (κ1) is 7.25. The summed E-state index contributed by atoms with van der Waals surface area (Å²) in [6.45, 7) is 4.41. The molecule has 0 aromatic rings. The lowest BCUT2D eigenvalue weighted by molar-refractivity contribution is -0.144. The number of esters is 1. The topological polar surface area (TPSA) is 26.3 Å². The first-order chi connectivity index (χ1) is 5.70. The van der Waals surface area contributed by atoms with E-state index in [0.717, 1.165) is 0 Å². The summed E-state index contributed by atoms with van der Waals surface area (Å²) in [5.74, 6) is 1.41. The Bertz CT molecular complexity index is 253. The maximum Gasteiger partial charge on any atom is 0.310 e. The van der Waals surface area contributed by atoms with Crippen LogP contribution >= 0.6 is 11.8 Å². The van der Waals surface area contributed by atoms with E-state index in [0.29, 0.717) is 22.3 Å². The molecule has 6 atom stereocenters. The summed E-state index contributed by atoms with van der Waals surface area (Å²) in [5, 5.41) is 1.17. The number of fused-ring (bicyclic) bond motifs is 1. The fourth-order valence-corrected chi connectivity index (χ4v) is 5.17. The Kier molecular flexibility index (Phi) is 1.21. The minimum Gasteiger partial charge on any atom is -0.461 e. The minimum atomic E-state index is 0.0665. The number of thioether (sulfide) groups is 1. The highest BCUT2D eigenvalue weighted by molar-refractivity contribution is 8.01. The molecule has 0 aromatic carbocycles. The average Bonchev–Trinajstić information content (AvgIpc) is 2.56. The third-order valence-electron chi connectivity index (χ3n) is 3.64. The van der Waals surface area contributed by atoms with E-state index in [1.165, 1.54) is 0 Å². The van der Waals surface area contributed by atoms with E-state index in [1.54, 1.807) is 0 Å². The number of ether oxygens (including phenoxy) is 1. The highest BCUT2D eigenvalue weighted by Gasteiger charge is 2.64. The van der Waals surface area contributed by atoms with E-state index in [2.05, 4.69) is 13.8 Å². The quantitative estimate of drug-likeness (QED) is 0.531. The molecule has 12 heavy (non-hydrogen) atoms. The van der Waals surface area contributed by atoms with Crippen molar-refractivity contribution < 1.29 is 9.53 Å². The molecular weight excluding hydrogens is 172 g/mol. The van der Waals surface area contributed by atoms with Crippen molar-refractivity contribution in [1.29, 1.82) is 0 Å². The number of hydrogen-bond acceptors (Lipinski definition) is 3. The molecule has 66 valence electrons. The third kappa shape index (κ3) is 0.595. The van der Waals surface area contributed by atoms with Crippen LogP contribution in [0.4, 0.5) is 0 Å². The van der Waals surface area contributed by atoms with Gasteiger partial charge in [0.2, 0.25) is 0 Å². The van der Waals surface area contributed by atoms with Crippen LogP contribution in [0.3, 0.4) is 0 Å². The number of carbonyl (C=O) groups excluding carboxylic acids is 1. The number of hydrogen-bond donors (Lipinski definition) is 0. The van der Waals surface area contributed by atoms with E-state index in [4.69, 9.17) is 4.74 Å². The molecule has 0 spiro atoms. The van der Waals surface area contributed by atoms with Crippen LogP contribution in [0.25, 0.3) is 0 Å². The summed E-state index contributed by atoms with van der Waals surface area (Å²) in [5.41, 5.74) is 0. The molecule has 3 heterocycles. The Balaban J connectivity index is 2.06. The molecule has 0 amide bonds. The molecule has 0 N–H and O–H groups in total. The van der Waals surface area contributed by atoms with Crippen LogP contribution in [0, 0.1) is 17.8 Å². The van der Waals surface area contributed by atoms with Crippen molar-refractivity contribution in [3.05, 3.63) is 0 Å². The van der Waals surface area contributed by atoms with Gasteiger partial charge in [-0.3, -0.25) is 4.79 Å². The van der Waals surface area contributed by atoms with Gasteiger partial charge >= 0.3 is 5.97 Å². The Morgan fingerprint density at radius 1 is 1.25 bits per heavy atom. The van der Waals surface area contributed by atoms with Crippen LogP contribution in [-0.2, 0) is 9.53 Å². The van der Waals surface area contributed by atoms with Gasteiger partial charge < -0.3 is 4.74 Å². The largest absolute Gasteiger partial charge is 0.461 e. The zero-order valence-corrected chi connectivity index (χ0v) is 8.01. The molecule has 3 aliphatic rings. The molecule has 3 heteroatoms. The second-order valence-corrected chi connectivity index (χ2v) is 5.57. The molecule has 3 fully saturated rings. The van der Waals surface area contributed by atoms with E-state index in [-0.39, 0.29) is 18.0 Å². The Hall–Kier alpha value is -0.180. The van der Waals surface area contributed by atoms with Crippen molar-refractivity contribution in [2.75, 3.05) is 0 Å². The molecule has 3 saturated heterocycles. The van der Waals surface area contributed by atoms with E-state index in [1.807, 2.05) is 11.8 Å². The van der Waals surface area contributed by atoms with Gasteiger partial charge in [-0.05, 0) is 5.92 Å². The van der Waals surface area contributed by atoms with Crippen molar-refractivity contribution in [1.82, 2.24) is 0 Å². The van der Waals surface area contributed by atoms with Gasteiger partial charge in [0.1, 0.15) is 6.10 Å². The Morgan fingerprint density at radius 3 is 2.67 bits per heavy atom. The average molecular weight is 184 g/mol. The molecule has 2 bridgehead atoms. The lowest BCUT2D eigenvalue weighted by Gasteiger charge is -2.24. The summed E-state index contributed by atoms with van der Waals surface area (Å²) < 4.78 is 5.36. The van der Waals surface area contributed by atoms with E-state index < -0.39 is 0 Å². The van der Waals surface area contributed by atoms with Crippen molar-refractivity contribution in [3.63, 3.8) is 0 Å². The first-order valence-corrected chi connectivity index (χ1v) is 5.50. The predicted molar refractivity (Wildman–Crippen MR) is 46.9 cm³/mol. The van der Waals surface area contributed by atoms with Crippen LogP contribution in [0.2, 0.25) is 0 Å². The van der Waals surface area contributed by atoms with Crippen molar-refractivity contribution in [3.8, 4) is 0 Å². The zero-order valence-electron chi connectivity index (χ0n) is 7.19. The summed E-state index contributed by atoms with van der Waals surface area (Å²) in [6.07, 6.45) is 0.244. The van der Waals surface area contributed by atoms with Gasteiger partial charge in [-0.1, -0.05) is 13.8 Å². The SMILES string of the molecule is CC1C2OC(=O)C3C(C)C1SC23. The van der Waals surface area contributed by atoms with Gasteiger partial charge in [0.05, 0.1) is 11.2 Å². The Labute approximate surface area is 76.0 Å². The third-order valence-corrected chi connectivity index (χ3v) is 5.69. The standard InChI is InChI=1S/C9H12O2S/c1-3-5-8-6(11-9(5)10)4(2)7(3)12-8/h3-8H,1-2H3. The minimum absolute atomic E-state index is 0.0665. The maximum atomic E-state index is 11.4. The highest BCUT2D eigenvalue weighted by Crippen LogP contribution is 2.60. The van der Waals surface area contributed by atoms with Gasteiger partial charge in [0.25, 0.3) is 0 Å². The fourth-order valence-electron chi connectivity index (χ4n) is 3.00. The van der Waals surface area contributed by atoms with Gasteiger partial charge in [0.15, 0.2) is 0 Å². The maximum absolute atomic E-state index is 11.4. The predicted octanol–water partition coefficient (Wildman–Crippen LogP) is 1.30. The monoisotopic (exact) mass is 184 g/mol. The lowest BCUT2D eigenvalue weighted by atomic mass is 9.76. The number of carbonyl (C=O) groups is 1. The molecule has 0 aromatic heterocycles. The fraction of sp³-hybridized carbons (Fsp3) is 0.889. The summed E-state index contributed by atoms with van der Waals surface area (Å²) in [6, 6.07) is 0. The van der Waals surface area contributed by atoms with Gasteiger partial charge in [-0.15, -0.1) is 11.8 Å². The summed E-state index contributed by atoms with van der Waals surface area (Å²) in [7, 11) is 0. The zero-order chi connectivity index (χ0) is 8.46. The van der Waals surface area contributed by atoms with Crippen molar-refractivity contribution in [2.45, 2.75) is 30.5 Å². The van der Waals surface area contributed by atoms with E-state index >= 15 is 0 Å². The second-order valence-electron chi connectivity index (χ2n) is 4.21. The molecule has 3 aliphatic heterocycles. The van der Waals surface area contributed by atoms with Crippen LogP contribution < -0.4 is 0 Å². The molecule has 0 aliphatic carbocycles. The van der Waals surface area contributed by atoms with Crippen LogP contribution in [-0.4, -0.2) is 22.6 Å². The molecule has 6 unspecified atom stereocenters. The van der Waals surface area contributed by atoms with Crippen LogP contribution in [0.15, 0.2) is 0 Å². The second kappa shape index (κ2) is 2.00. The molecular formula is C9H12O2S. The van der Waals surface area contributed by atoms with Gasteiger partial charge in [-0.2, -0.15) is 0 Å². The first-order valence-electron chi connectivity index (χ1n) is 4.56. The highest BCUT2D eigenvalue weighted by atomic mass is 32.2. The summed E-state index contributed by atoms with van der Waals surface area (Å²) in [4.78, 5) is 11.4. The van der Waals surface area contributed by atoms with Gasteiger partial charge in [0, 0.05) is 11.2 Å². The Morgan fingerprint density at radius 2 is 2.00 bits per heavy atom. The molecule has 2 nitrogen and oxygen atoms in total. The van der Waals surface area contributed by atoms with Crippen molar-refractivity contribution >= 4 is 17.7 Å². The molecule has 3 rings (SSSR count). The van der Waals surface area contributed by atoms with E-state index in [9.17, 15) is 4.79 Å². The van der Waals surface area contributed by atoms with Crippen LogP contribution in [0.5, 0.6) is 0 Å². The lowest BCUT2D eigenvalue weighted by Crippen LogP contribution is -2.35. The number of rotatable bonds is 0. The molecule has 0 saturated carbocycles. The smallest absolute Gasteiger partial charge is 0.310 e. The van der Waals surface area contributed by atoms with Crippen LogP contribution in [0.1, 0.15) is 13.8 Å².